The minimum atomic E-state index is -0.461. The van der Waals surface area contributed by atoms with Gasteiger partial charge in [0, 0.05) is 5.69 Å². The van der Waals surface area contributed by atoms with Crippen LogP contribution in [0.25, 0.3) is 0 Å². The van der Waals surface area contributed by atoms with Crippen molar-refractivity contribution >= 4 is 17.3 Å². The first kappa shape index (κ1) is 15.0. The average molecular weight is 286 g/mol. The SMILES string of the molecule is CCc1ccc(N[C@H](C)C(=O)Nc2ccccc2F)cc1. The number of hydrogen-bond donors (Lipinski definition) is 2. The van der Waals surface area contributed by atoms with Crippen LogP contribution < -0.4 is 10.6 Å². The van der Waals surface area contributed by atoms with Gasteiger partial charge in [-0.05, 0) is 43.2 Å². The average Bonchev–Trinajstić information content (AvgIpc) is 2.50. The maximum absolute atomic E-state index is 13.5. The molecule has 0 aromatic heterocycles. The zero-order valence-corrected chi connectivity index (χ0v) is 12.2. The molecule has 2 aromatic rings. The van der Waals surface area contributed by atoms with E-state index in [1.54, 1.807) is 19.1 Å². The monoisotopic (exact) mass is 286 g/mol. The van der Waals surface area contributed by atoms with Gasteiger partial charge < -0.3 is 10.6 Å². The number of nitrogens with one attached hydrogen (secondary N) is 2. The molecular formula is C17H19FN2O. The van der Waals surface area contributed by atoms with Gasteiger partial charge in [0.25, 0.3) is 0 Å². The highest BCUT2D eigenvalue weighted by atomic mass is 19.1. The van der Waals surface area contributed by atoms with Crippen LogP contribution in [0.2, 0.25) is 0 Å². The van der Waals surface area contributed by atoms with Crippen molar-refractivity contribution in [2.24, 2.45) is 0 Å². The normalized spacial score (nSPS) is 11.8. The molecule has 110 valence electrons. The van der Waals surface area contributed by atoms with Crippen LogP contribution in [0.1, 0.15) is 19.4 Å². The van der Waals surface area contributed by atoms with Gasteiger partial charge in [-0.25, -0.2) is 4.39 Å². The number of carbonyl (C=O) groups is 1. The third kappa shape index (κ3) is 4.05. The number of halogens is 1. The van der Waals surface area contributed by atoms with E-state index in [9.17, 15) is 9.18 Å². The van der Waals surface area contributed by atoms with Crippen molar-refractivity contribution in [3.63, 3.8) is 0 Å². The van der Waals surface area contributed by atoms with Gasteiger partial charge in [-0.15, -0.1) is 0 Å². The summed E-state index contributed by atoms with van der Waals surface area (Å²) in [4.78, 5) is 12.1. The second kappa shape index (κ2) is 6.88. The van der Waals surface area contributed by atoms with Crippen molar-refractivity contribution < 1.29 is 9.18 Å². The van der Waals surface area contributed by atoms with Crippen molar-refractivity contribution in [1.82, 2.24) is 0 Å². The molecule has 0 unspecified atom stereocenters. The molecule has 0 fully saturated rings. The number of aryl methyl sites for hydroxylation is 1. The van der Waals surface area contributed by atoms with E-state index in [0.717, 1.165) is 12.1 Å². The highest BCUT2D eigenvalue weighted by Crippen LogP contribution is 2.14. The van der Waals surface area contributed by atoms with E-state index in [4.69, 9.17) is 0 Å². The van der Waals surface area contributed by atoms with Crippen molar-refractivity contribution in [2.45, 2.75) is 26.3 Å². The Morgan fingerprint density at radius 1 is 1.14 bits per heavy atom. The molecule has 2 N–H and O–H groups in total. The van der Waals surface area contributed by atoms with Crippen LogP contribution in [0, 0.1) is 5.82 Å². The first-order valence-corrected chi connectivity index (χ1v) is 7.01. The van der Waals surface area contributed by atoms with E-state index in [0.29, 0.717) is 0 Å². The number of benzene rings is 2. The number of para-hydroxylation sites is 1. The molecule has 0 aliphatic heterocycles. The summed E-state index contributed by atoms with van der Waals surface area (Å²) in [6, 6.07) is 13.6. The summed E-state index contributed by atoms with van der Waals surface area (Å²) in [5.41, 5.74) is 2.30. The first-order chi connectivity index (χ1) is 10.1. The Hall–Kier alpha value is -2.36. The molecule has 1 amide bonds. The molecule has 0 bridgehead atoms. The molecule has 21 heavy (non-hydrogen) atoms. The lowest BCUT2D eigenvalue weighted by Crippen LogP contribution is -2.32. The third-order valence-electron chi connectivity index (χ3n) is 3.27. The van der Waals surface area contributed by atoms with Gasteiger partial charge >= 0.3 is 0 Å². The van der Waals surface area contributed by atoms with Crippen molar-refractivity contribution in [2.75, 3.05) is 10.6 Å². The molecule has 3 nitrogen and oxygen atoms in total. The summed E-state index contributed by atoms with van der Waals surface area (Å²) < 4.78 is 13.5. The third-order valence-corrected chi connectivity index (χ3v) is 3.27. The molecule has 0 aliphatic carbocycles. The fourth-order valence-corrected chi connectivity index (χ4v) is 1.96. The van der Waals surface area contributed by atoms with Crippen LogP contribution in [0.5, 0.6) is 0 Å². The Kier molecular flexibility index (Phi) is 4.93. The summed E-state index contributed by atoms with van der Waals surface area (Å²) in [6.07, 6.45) is 0.976. The van der Waals surface area contributed by atoms with E-state index in [-0.39, 0.29) is 11.6 Å². The second-order valence-electron chi connectivity index (χ2n) is 4.89. The molecule has 0 radical (unpaired) electrons. The molecule has 0 heterocycles. The van der Waals surface area contributed by atoms with Crippen molar-refractivity contribution in [1.29, 1.82) is 0 Å². The summed E-state index contributed by atoms with van der Waals surface area (Å²) in [6.45, 7) is 3.83. The number of hydrogen-bond acceptors (Lipinski definition) is 2. The molecular weight excluding hydrogens is 267 g/mol. The minimum absolute atomic E-state index is 0.192. The molecule has 0 saturated heterocycles. The minimum Gasteiger partial charge on any atom is -0.374 e. The van der Waals surface area contributed by atoms with Crippen molar-refractivity contribution in [3.8, 4) is 0 Å². The lowest BCUT2D eigenvalue weighted by atomic mass is 10.1. The number of amides is 1. The van der Waals surface area contributed by atoms with Crippen LogP contribution in [0.4, 0.5) is 15.8 Å². The summed E-state index contributed by atoms with van der Waals surface area (Å²) >= 11 is 0. The quantitative estimate of drug-likeness (QED) is 0.877. The molecule has 0 spiro atoms. The molecule has 0 saturated carbocycles. The van der Waals surface area contributed by atoms with Crippen LogP contribution in [-0.2, 0) is 11.2 Å². The Morgan fingerprint density at radius 3 is 2.43 bits per heavy atom. The Morgan fingerprint density at radius 2 is 1.81 bits per heavy atom. The van der Waals surface area contributed by atoms with E-state index < -0.39 is 11.9 Å². The Bertz CT molecular complexity index is 610. The smallest absolute Gasteiger partial charge is 0.246 e. The number of rotatable bonds is 5. The molecule has 2 rings (SSSR count). The van der Waals surface area contributed by atoms with Gasteiger partial charge in [-0.1, -0.05) is 31.2 Å². The highest BCUT2D eigenvalue weighted by molar-refractivity contribution is 5.96. The van der Waals surface area contributed by atoms with Crippen LogP contribution >= 0.6 is 0 Å². The molecule has 1 atom stereocenters. The maximum Gasteiger partial charge on any atom is 0.246 e. The van der Waals surface area contributed by atoms with Crippen LogP contribution in [0.15, 0.2) is 48.5 Å². The fourth-order valence-electron chi connectivity index (χ4n) is 1.96. The topological polar surface area (TPSA) is 41.1 Å². The standard InChI is InChI=1S/C17H19FN2O/c1-3-13-8-10-14(11-9-13)19-12(2)17(21)20-16-7-5-4-6-15(16)18/h4-12,19H,3H2,1-2H3,(H,20,21)/t12-/m1/s1. The summed E-state index contributed by atoms with van der Waals surface area (Å²) in [5.74, 6) is -0.718. The zero-order chi connectivity index (χ0) is 15.2. The van der Waals surface area contributed by atoms with E-state index in [2.05, 4.69) is 17.6 Å². The van der Waals surface area contributed by atoms with Gasteiger partial charge in [0.15, 0.2) is 0 Å². The van der Waals surface area contributed by atoms with Gasteiger partial charge in [0.05, 0.1) is 5.69 Å². The summed E-state index contributed by atoms with van der Waals surface area (Å²) in [5, 5.41) is 5.67. The van der Waals surface area contributed by atoms with Crippen molar-refractivity contribution in [3.05, 3.63) is 59.9 Å². The first-order valence-electron chi connectivity index (χ1n) is 7.01. The van der Waals surface area contributed by atoms with E-state index in [1.807, 2.05) is 24.3 Å². The summed E-state index contributed by atoms with van der Waals surface area (Å²) in [7, 11) is 0. The zero-order valence-electron chi connectivity index (χ0n) is 12.2. The van der Waals surface area contributed by atoms with Gasteiger partial charge in [-0.2, -0.15) is 0 Å². The predicted molar refractivity (Wildman–Crippen MR) is 83.9 cm³/mol. The number of carbonyl (C=O) groups excluding carboxylic acids is 1. The predicted octanol–water partition coefficient (Wildman–Crippen LogP) is 3.83. The van der Waals surface area contributed by atoms with Crippen LogP contribution in [0.3, 0.4) is 0 Å². The fraction of sp³-hybridized carbons (Fsp3) is 0.235. The van der Waals surface area contributed by atoms with E-state index in [1.165, 1.54) is 17.7 Å². The Labute approximate surface area is 124 Å². The van der Waals surface area contributed by atoms with Crippen LogP contribution in [-0.4, -0.2) is 11.9 Å². The highest BCUT2D eigenvalue weighted by Gasteiger charge is 2.14. The lowest BCUT2D eigenvalue weighted by molar-refractivity contribution is -0.116. The second-order valence-corrected chi connectivity index (χ2v) is 4.89. The molecule has 4 heteroatoms. The lowest BCUT2D eigenvalue weighted by Gasteiger charge is -2.15. The number of anilines is 2. The largest absolute Gasteiger partial charge is 0.374 e. The van der Waals surface area contributed by atoms with Gasteiger partial charge in [0.1, 0.15) is 11.9 Å². The molecule has 0 aliphatic rings. The maximum atomic E-state index is 13.5. The van der Waals surface area contributed by atoms with Gasteiger partial charge in [0.2, 0.25) is 5.91 Å². The Balaban J connectivity index is 1.97. The molecule has 2 aromatic carbocycles. The van der Waals surface area contributed by atoms with Gasteiger partial charge in [-0.3, -0.25) is 4.79 Å². The van der Waals surface area contributed by atoms with E-state index >= 15 is 0 Å².